The summed E-state index contributed by atoms with van der Waals surface area (Å²) in [7, 11) is 1.36. The van der Waals surface area contributed by atoms with Gasteiger partial charge in [0.2, 0.25) is 11.7 Å². The largest absolute Gasteiger partial charge is 0.507 e. The molecule has 2 aromatic carbocycles. The average molecular weight is 436 g/mol. The van der Waals surface area contributed by atoms with E-state index in [2.05, 4.69) is 0 Å². The second kappa shape index (κ2) is 7.87. The van der Waals surface area contributed by atoms with E-state index >= 15 is 0 Å². The fourth-order valence-corrected chi connectivity index (χ4v) is 3.50. The molecule has 1 saturated heterocycles. The van der Waals surface area contributed by atoms with Crippen molar-refractivity contribution in [2.75, 3.05) is 13.7 Å². The number of aliphatic hydroxyl groups excluding tert-OH is 4. The lowest BCUT2D eigenvalue weighted by molar-refractivity contribution is -0.277. The third kappa shape index (κ3) is 3.42. The van der Waals surface area contributed by atoms with Gasteiger partial charge in [-0.1, -0.05) is 0 Å². The second-order valence-corrected chi connectivity index (χ2v) is 7.05. The number of phenolic OH excluding ortho intramolecular Hbond substituents is 2. The molecule has 5 atom stereocenters. The number of methoxy groups -OCH3 is 1. The van der Waals surface area contributed by atoms with Gasteiger partial charge < -0.3 is 49.3 Å². The van der Waals surface area contributed by atoms with Crippen molar-refractivity contribution in [1.29, 1.82) is 0 Å². The zero-order valence-electron chi connectivity index (χ0n) is 16.1. The molecule has 0 saturated carbocycles. The van der Waals surface area contributed by atoms with Crippen LogP contribution in [0.25, 0.3) is 21.9 Å². The number of aromatic hydroxyl groups is 2. The van der Waals surface area contributed by atoms with Gasteiger partial charge in [0.05, 0.1) is 13.7 Å². The minimum atomic E-state index is -1.72. The Balaban J connectivity index is 1.87. The first-order chi connectivity index (χ1) is 14.8. The Kier molecular flexibility index (Phi) is 5.37. The summed E-state index contributed by atoms with van der Waals surface area (Å²) in [5.74, 6) is -0.784. The average Bonchev–Trinajstić information content (AvgIpc) is 2.75. The van der Waals surface area contributed by atoms with Gasteiger partial charge in [0.25, 0.3) is 0 Å². The summed E-state index contributed by atoms with van der Waals surface area (Å²) in [6.45, 7) is -0.663. The van der Waals surface area contributed by atoms with Gasteiger partial charge in [-0.2, -0.15) is 0 Å². The first-order valence-electron chi connectivity index (χ1n) is 9.23. The fourth-order valence-electron chi connectivity index (χ4n) is 3.50. The molecule has 166 valence electrons. The van der Waals surface area contributed by atoms with E-state index in [-0.39, 0.29) is 33.4 Å². The van der Waals surface area contributed by atoms with Crippen LogP contribution in [0.15, 0.2) is 33.5 Å². The van der Waals surface area contributed by atoms with Crippen LogP contribution in [0.1, 0.15) is 0 Å². The molecule has 0 spiro atoms. The molecule has 0 bridgehead atoms. The van der Waals surface area contributed by atoms with E-state index in [4.69, 9.17) is 18.6 Å². The molecule has 4 rings (SSSR count). The number of hydrogen-bond acceptors (Lipinski definition) is 11. The molecule has 31 heavy (non-hydrogen) atoms. The van der Waals surface area contributed by atoms with Gasteiger partial charge in [-0.15, -0.1) is 0 Å². The molecule has 3 aromatic rings. The van der Waals surface area contributed by atoms with E-state index in [1.54, 1.807) is 0 Å². The topological polar surface area (TPSA) is 179 Å². The van der Waals surface area contributed by atoms with Crippen molar-refractivity contribution < 1.29 is 49.3 Å². The Labute approximate surface area is 173 Å². The van der Waals surface area contributed by atoms with Crippen molar-refractivity contribution in [2.45, 2.75) is 30.7 Å². The van der Waals surface area contributed by atoms with E-state index < -0.39 is 54.2 Å². The number of ether oxygens (including phenoxy) is 3. The number of phenols is 2. The van der Waals surface area contributed by atoms with E-state index in [9.17, 15) is 35.4 Å². The number of fused-ring (bicyclic) bond motifs is 2. The van der Waals surface area contributed by atoms with Crippen molar-refractivity contribution >= 4 is 21.9 Å². The van der Waals surface area contributed by atoms with Crippen LogP contribution in [-0.2, 0) is 4.74 Å². The fraction of sp³-hybridized carbons (Fsp3) is 0.350. The van der Waals surface area contributed by atoms with Gasteiger partial charge in [0, 0.05) is 12.1 Å². The van der Waals surface area contributed by atoms with Gasteiger partial charge in [0.1, 0.15) is 58.0 Å². The smallest absolute Gasteiger partial charge is 0.229 e. The standard InChI is InChI=1S/C20H20O11/c1-28-7-4-9(23)13-11(5-7)29-19-8(22)2-3-10(14(19)16(13)25)30-20-18(27)17(26)15(24)12(6-21)31-20/h2-5,12,15,17-18,20-24,26-27H,6H2,1H3/t12-,15-,17+,18-,20-/m1/s1. The summed E-state index contributed by atoms with van der Waals surface area (Å²) < 4.78 is 21.5. The highest BCUT2D eigenvalue weighted by atomic mass is 16.7. The van der Waals surface area contributed by atoms with Crippen LogP contribution in [0.2, 0.25) is 0 Å². The summed E-state index contributed by atoms with van der Waals surface area (Å²) >= 11 is 0. The third-order valence-electron chi connectivity index (χ3n) is 5.15. The van der Waals surface area contributed by atoms with E-state index in [0.29, 0.717) is 0 Å². The highest BCUT2D eigenvalue weighted by Crippen LogP contribution is 2.37. The zero-order valence-corrected chi connectivity index (χ0v) is 16.1. The predicted molar refractivity (Wildman–Crippen MR) is 104 cm³/mol. The summed E-state index contributed by atoms with van der Waals surface area (Å²) in [6, 6.07) is 4.96. The lowest BCUT2D eigenvalue weighted by Gasteiger charge is -2.39. The lowest BCUT2D eigenvalue weighted by atomic mass is 9.99. The van der Waals surface area contributed by atoms with Crippen LogP contribution >= 0.6 is 0 Å². The van der Waals surface area contributed by atoms with Crippen molar-refractivity contribution in [2.24, 2.45) is 0 Å². The van der Waals surface area contributed by atoms with Crippen molar-refractivity contribution in [1.82, 2.24) is 0 Å². The monoisotopic (exact) mass is 436 g/mol. The van der Waals surface area contributed by atoms with Crippen molar-refractivity contribution in [3.8, 4) is 23.0 Å². The van der Waals surface area contributed by atoms with Gasteiger partial charge in [-0.05, 0) is 12.1 Å². The first-order valence-corrected chi connectivity index (χ1v) is 9.23. The molecule has 0 amide bonds. The number of rotatable bonds is 4. The molecule has 11 heteroatoms. The Hall–Kier alpha value is -3.09. The van der Waals surface area contributed by atoms with Crippen molar-refractivity contribution in [3.63, 3.8) is 0 Å². The minimum absolute atomic E-state index is 0.0466. The molecule has 1 aliphatic heterocycles. The molecule has 0 radical (unpaired) electrons. The maximum Gasteiger partial charge on any atom is 0.229 e. The third-order valence-corrected chi connectivity index (χ3v) is 5.15. The molecule has 2 heterocycles. The number of benzene rings is 2. The molecule has 1 fully saturated rings. The Morgan fingerprint density at radius 2 is 1.74 bits per heavy atom. The molecule has 6 N–H and O–H groups in total. The molecule has 11 nitrogen and oxygen atoms in total. The first kappa shape index (κ1) is 21.2. The molecule has 0 unspecified atom stereocenters. The number of hydrogen-bond donors (Lipinski definition) is 6. The van der Waals surface area contributed by atoms with Crippen LogP contribution in [0, 0.1) is 0 Å². The maximum atomic E-state index is 13.2. The summed E-state index contributed by atoms with van der Waals surface area (Å²) in [5, 5.41) is 59.4. The quantitative estimate of drug-likeness (QED) is 0.292. The van der Waals surface area contributed by atoms with E-state index in [0.717, 1.165) is 0 Å². The summed E-state index contributed by atoms with van der Waals surface area (Å²) in [6.07, 6.45) is -7.78. The van der Waals surface area contributed by atoms with Crippen LogP contribution in [0.3, 0.4) is 0 Å². The molecular formula is C20H20O11. The van der Waals surface area contributed by atoms with Crippen molar-refractivity contribution in [3.05, 3.63) is 34.5 Å². The van der Waals surface area contributed by atoms with Gasteiger partial charge in [-0.25, -0.2) is 0 Å². The maximum absolute atomic E-state index is 13.2. The lowest BCUT2D eigenvalue weighted by Crippen LogP contribution is -2.60. The zero-order chi connectivity index (χ0) is 22.4. The van der Waals surface area contributed by atoms with Crippen LogP contribution in [0.4, 0.5) is 0 Å². The minimum Gasteiger partial charge on any atom is -0.507 e. The Bertz CT molecular complexity index is 1190. The Morgan fingerprint density at radius 1 is 1.00 bits per heavy atom. The van der Waals surface area contributed by atoms with Crippen LogP contribution in [0.5, 0.6) is 23.0 Å². The van der Waals surface area contributed by atoms with Gasteiger partial charge in [-0.3, -0.25) is 4.79 Å². The van der Waals surface area contributed by atoms with E-state index in [1.165, 1.54) is 31.4 Å². The SMILES string of the molecule is COc1cc(O)c2c(=O)c3c(O[C@@H]4O[C@H](CO)[C@@H](O)[C@H](O)[C@H]4O)ccc(O)c3oc2c1. The highest BCUT2D eigenvalue weighted by Gasteiger charge is 2.45. The molecular weight excluding hydrogens is 416 g/mol. The van der Waals surface area contributed by atoms with Crippen LogP contribution < -0.4 is 14.9 Å². The van der Waals surface area contributed by atoms with Crippen LogP contribution in [-0.4, -0.2) is 75.1 Å². The number of aliphatic hydroxyl groups is 4. The normalized spacial score (nSPS) is 26.3. The molecule has 0 aliphatic carbocycles. The summed E-state index contributed by atoms with van der Waals surface area (Å²) in [5.41, 5.74) is -1.05. The van der Waals surface area contributed by atoms with E-state index in [1.807, 2.05) is 0 Å². The second-order valence-electron chi connectivity index (χ2n) is 7.05. The molecule has 1 aromatic heterocycles. The van der Waals surface area contributed by atoms with Gasteiger partial charge in [0.15, 0.2) is 11.3 Å². The highest BCUT2D eigenvalue weighted by molar-refractivity contribution is 5.98. The Morgan fingerprint density at radius 3 is 2.42 bits per heavy atom. The summed E-state index contributed by atoms with van der Waals surface area (Å²) in [4.78, 5) is 13.2. The van der Waals surface area contributed by atoms with Gasteiger partial charge >= 0.3 is 0 Å². The molecule has 1 aliphatic rings. The predicted octanol–water partition coefficient (Wildman–Crippen LogP) is -0.455.